The van der Waals surface area contributed by atoms with Crippen molar-refractivity contribution in [2.45, 2.75) is 37.9 Å². The first kappa shape index (κ1) is 9.99. The molecule has 0 radical (unpaired) electrons. The van der Waals surface area contributed by atoms with Gasteiger partial charge >= 0.3 is 0 Å². The van der Waals surface area contributed by atoms with Crippen molar-refractivity contribution >= 4 is 10.0 Å². The minimum Gasteiger partial charge on any atom is -0.218 e. The third kappa shape index (κ3) is 2.20. The van der Waals surface area contributed by atoms with Gasteiger partial charge in [0.2, 0.25) is 10.0 Å². The maximum Gasteiger partial charge on any atom is 0.214 e. The van der Waals surface area contributed by atoms with Crippen molar-refractivity contribution in [2.75, 3.05) is 7.05 Å². The van der Waals surface area contributed by atoms with Crippen LogP contribution in [-0.4, -0.2) is 20.7 Å². The number of rotatable bonds is 5. The lowest BCUT2D eigenvalue weighted by atomic mass is 10.2. The molecule has 0 amide bonds. The van der Waals surface area contributed by atoms with E-state index in [9.17, 15) is 8.42 Å². The van der Waals surface area contributed by atoms with Gasteiger partial charge in [-0.05, 0) is 32.2 Å². The second-order valence-electron chi connectivity index (χ2n) is 3.41. The predicted octanol–water partition coefficient (Wildman–Crippen LogP) is 1.11. The Balaban J connectivity index is 2.64. The molecule has 1 N–H and O–H groups in total. The summed E-state index contributed by atoms with van der Waals surface area (Å²) >= 11 is 0. The zero-order valence-electron chi connectivity index (χ0n) is 7.71. The highest BCUT2D eigenvalue weighted by Gasteiger charge is 2.38. The molecule has 0 spiro atoms. The summed E-state index contributed by atoms with van der Waals surface area (Å²) in [7, 11) is -1.51. The molecule has 0 bridgehead atoms. The summed E-state index contributed by atoms with van der Waals surface area (Å²) < 4.78 is 25.3. The van der Waals surface area contributed by atoms with Gasteiger partial charge in [-0.2, -0.15) is 0 Å². The van der Waals surface area contributed by atoms with E-state index in [1.165, 1.54) is 7.05 Å². The summed E-state index contributed by atoms with van der Waals surface area (Å²) in [5, 5.41) is -0.132. The summed E-state index contributed by atoms with van der Waals surface area (Å²) in [5.74, 6) is 0.433. The molecule has 1 atom stereocenters. The smallest absolute Gasteiger partial charge is 0.214 e. The summed E-state index contributed by atoms with van der Waals surface area (Å²) in [6, 6.07) is 0. The SMILES string of the molecule is CCCC(C1CC1)S(=O)(=O)NC. The van der Waals surface area contributed by atoms with E-state index in [1.54, 1.807) is 0 Å². The van der Waals surface area contributed by atoms with Crippen LogP contribution < -0.4 is 4.72 Å². The van der Waals surface area contributed by atoms with Crippen LogP contribution in [-0.2, 0) is 10.0 Å². The van der Waals surface area contributed by atoms with Gasteiger partial charge in [-0.1, -0.05) is 13.3 Å². The van der Waals surface area contributed by atoms with Crippen molar-refractivity contribution in [3.05, 3.63) is 0 Å². The molecule has 0 aromatic carbocycles. The van der Waals surface area contributed by atoms with Crippen LogP contribution >= 0.6 is 0 Å². The van der Waals surface area contributed by atoms with Crippen LogP contribution in [0.1, 0.15) is 32.6 Å². The first-order valence-electron chi connectivity index (χ1n) is 4.54. The molecule has 0 aliphatic heterocycles. The summed E-state index contributed by atoms with van der Waals surface area (Å²) in [6.45, 7) is 2.03. The maximum absolute atomic E-state index is 11.5. The lowest BCUT2D eigenvalue weighted by molar-refractivity contribution is 0.543. The van der Waals surface area contributed by atoms with Crippen molar-refractivity contribution in [3.63, 3.8) is 0 Å². The highest BCUT2D eigenvalue weighted by atomic mass is 32.2. The number of sulfonamides is 1. The van der Waals surface area contributed by atoms with E-state index < -0.39 is 10.0 Å². The Bertz CT molecular complexity index is 231. The molecule has 1 saturated carbocycles. The average Bonchev–Trinajstić information content (AvgIpc) is 2.83. The second-order valence-corrected chi connectivity index (χ2v) is 5.52. The molecule has 3 nitrogen and oxygen atoms in total. The quantitative estimate of drug-likeness (QED) is 0.707. The van der Waals surface area contributed by atoms with Gasteiger partial charge in [0.25, 0.3) is 0 Å². The van der Waals surface area contributed by atoms with E-state index in [4.69, 9.17) is 0 Å². The van der Waals surface area contributed by atoms with Crippen molar-refractivity contribution in [2.24, 2.45) is 5.92 Å². The number of hydrogen-bond donors (Lipinski definition) is 1. The lowest BCUT2D eigenvalue weighted by Gasteiger charge is -2.14. The van der Waals surface area contributed by atoms with E-state index in [2.05, 4.69) is 4.72 Å². The van der Waals surface area contributed by atoms with Gasteiger partial charge < -0.3 is 0 Å². The molecule has 0 heterocycles. The highest BCUT2D eigenvalue weighted by molar-refractivity contribution is 7.90. The molecule has 1 aliphatic carbocycles. The van der Waals surface area contributed by atoms with Crippen molar-refractivity contribution in [1.82, 2.24) is 4.72 Å². The molecular weight excluding hydrogens is 174 g/mol. The molecule has 0 aromatic heterocycles. The monoisotopic (exact) mass is 191 g/mol. The van der Waals surface area contributed by atoms with Crippen LogP contribution in [0.15, 0.2) is 0 Å². The topological polar surface area (TPSA) is 46.2 Å². The summed E-state index contributed by atoms with van der Waals surface area (Å²) in [4.78, 5) is 0. The molecule has 0 saturated heterocycles. The van der Waals surface area contributed by atoms with Crippen LogP contribution in [0.4, 0.5) is 0 Å². The van der Waals surface area contributed by atoms with Gasteiger partial charge in [0, 0.05) is 0 Å². The maximum atomic E-state index is 11.5. The third-order valence-electron chi connectivity index (χ3n) is 2.40. The Hall–Kier alpha value is -0.0900. The Morgan fingerprint density at radius 1 is 1.50 bits per heavy atom. The van der Waals surface area contributed by atoms with Crippen molar-refractivity contribution in [1.29, 1.82) is 0 Å². The van der Waals surface area contributed by atoms with E-state index in [1.807, 2.05) is 6.92 Å². The van der Waals surface area contributed by atoms with E-state index in [0.717, 1.165) is 25.7 Å². The van der Waals surface area contributed by atoms with Gasteiger partial charge in [0.05, 0.1) is 5.25 Å². The molecule has 0 aromatic rings. The molecule has 1 rings (SSSR count). The van der Waals surface area contributed by atoms with E-state index >= 15 is 0 Å². The van der Waals surface area contributed by atoms with Crippen LogP contribution in [0.2, 0.25) is 0 Å². The normalized spacial score (nSPS) is 20.8. The van der Waals surface area contributed by atoms with Crippen LogP contribution in [0.25, 0.3) is 0 Å². The minimum atomic E-state index is -3.01. The zero-order valence-corrected chi connectivity index (χ0v) is 8.52. The molecule has 12 heavy (non-hydrogen) atoms. The summed E-state index contributed by atoms with van der Waals surface area (Å²) in [6.07, 6.45) is 3.92. The van der Waals surface area contributed by atoms with Crippen LogP contribution in [0.5, 0.6) is 0 Å². The Morgan fingerprint density at radius 3 is 2.42 bits per heavy atom. The van der Waals surface area contributed by atoms with Gasteiger partial charge in [-0.3, -0.25) is 0 Å². The summed E-state index contributed by atoms with van der Waals surface area (Å²) in [5.41, 5.74) is 0. The largest absolute Gasteiger partial charge is 0.218 e. The predicted molar refractivity (Wildman–Crippen MR) is 49.4 cm³/mol. The van der Waals surface area contributed by atoms with Crippen molar-refractivity contribution < 1.29 is 8.42 Å². The van der Waals surface area contributed by atoms with Gasteiger partial charge in [-0.15, -0.1) is 0 Å². The fourth-order valence-corrected chi connectivity index (χ4v) is 3.18. The van der Waals surface area contributed by atoms with Gasteiger partial charge in [0.15, 0.2) is 0 Å². The fourth-order valence-electron chi connectivity index (χ4n) is 1.55. The van der Waals surface area contributed by atoms with Gasteiger partial charge in [-0.25, -0.2) is 13.1 Å². The first-order chi connectivity index (χ1) is 5.61. The molecule has 72 valence electrons. The lowest BCUT2D eigenvalue weighted by Crippen LogP contribution is -2.33. The molecular formula is C8H17NO2S. The first-order valence-corrected chi connectivity index (χ1v) is 6.08. The highest BCUT2D eigenvalue weighted by Crippen LogP contribution is 2.37. The molecule has 1 unspecified atom stereocenters. The second kappa shape index (κ2) is 3.75. The standard InChI is InChI=1S/C8H17NO2S/c1-3-4-8(7-5-6-7)12(10,11)9-2/h7-9H,3-6H2,1-2H3. The van der Waals surface area contributed by atoms with Crippen LogP contribution in [0, 0.1) is 5.92 Å². The zero-order chi connectivity index (χ0) is 9.19. The van der Waals surface area contributed by atoms with Crippen LogP contribution in [0.3, 0.4) is 0 Å². The van der Waals surface area contributed by atoms with E-state index in [-0.39, 0.29) is 5.25 Å². The Morgan fingerprint density at radius 2 is 2.08 bits per heavy atom. The molecule has 1 aliphatic rings. The number of hydrogen-bond acceptors (Lipinski definition) is 2. The molecule has 1 fully saturated rings. The fraction of sp³-hybridized carbons (Fsp3) is 1.00. The average molecular weight is 191 g/mol. The minimum absolute atomic E-state index is 0.132. The van der Waals surface area contributed by atoms with Gasteiger partial charge in [0.1, 0.15) is 0 Å². The third-order valence-corrected chi connectivity index (χ3v) is 4.39. The van der Waals surface area contributed by atoms with E-state index in [0.29, 0.717) is 5.92 Å². The Labute approximate surface area is 74.6 Å². The Kier molecular flexibility index (Phi) is 3.12. The molecule has 4 heteroatoms. The van der Waals surface area contributed by atoms with Crippen molar-refractivity contribution in [3.8, 4) is 0 Å². The number of nitrogens with one attached hydrogen (secondary N) is 1.